The van der Waals surface area contributed by atoms with Crippen molar-refractivity contribution in [3.63, 3.8) is 0 Å². The van der Waals surface area contributed by atoms with Crippen LogP contribution in [-0.2, 0) is 13.6 Å². The van der Waals surface area contributed by atoms with Crippen LogP contribution in [0.5, 0.6) is 11.5 Å². The number of rotatable bonds is 3. The summed E-state index contributed by atoms with van der Waals surface area (Å²) in [5.41, 5.74) is 1.02. The van der Waals surface area contributed by atoms with Gasteiger partial charge in [0.1, 0.15) is 0 Å². The van der Waals surface area contributed by atoms with Crippen LogP contribution in [0.25, 0.3) is 0 Å². The first-order chi connectivity index (χ1) is 8.56. The van der Waals surface area contributed by atoms with Crippen LogP contribution in [-0.4, -0.2) is 25.9 Å². The van der Waals surface area contributed by atoms with Gasteiger partial charge in [-0.3, -0.25) is 9.48 Å². The van der Waals surface area contributed by atoms with Gasteiger partial charge >= 0.3 is 0 Å². The molecule has 1 heterocycles. The molecule has 0 saturated carbocycles. The second kappa shape index (κ2) is 4.79. The molecule has 1 aromatic heterocycles. The first-order valence-electron chi connectivity index (χ1n) is 5.35. The third-order valence-electron chi connectivity index (χ3n) is 2.44. The number of hydrogen-bond donors (Lipinski definition) is 3. The lowest BCUT2D eigenvalue weighted by Gasteiger charge is -2.04. The molecule has 0 bridgehead atoms. The molecule has 3 N–H and O–H groups in total. The summed E-state index contributed by atoms with van der Waals surface area (Å²) in [6, 6.07) is 5.71. The Balaban J connectivity index is 2.01. The summed E-state index contributed by atoms with van der Waals surface area (Å²) in [6.45, 7) is 0.307. The molecular formula is C12H13N3O3. The molecule has 0 atom stereocenters. The molecule has 0 radical (unpaired) electrons. The zero-order valence-corrected chi connectivity index (χ0v) is 9.79. The largest absolute Gasteiger partial charge is 0.504 e. The molecule has 6 nitrogen and oxygen atoms in total. The second-order valence-corrected chi connectivity index (χ2v) is 3.87. The van der Waals surface area contributed by atoms with Crippen LogP contribution in [0.2, 0.25) is 0 Å². The number of hydrogen-bond acceptors (Lipinski definition) is 4. The fourth-order valence-electron chi connectivity index (χ4n) is 1.50. The van der Waals surface area contributed by atoms with Crippen molar-refractivity contribution < 1.29 is 15.0 Å². The topological polar surface area (TPSA) is 87.4 Å². The Bertz CT molecular complexity index is 578. The highest BCUT2D eigenvalue weighted by Crippen LogP contribution is 2.24. The van der Waals surface area contributed by atoms with E-state index in [1.54, 1.807) is 24.0 Å². The zero-order valence-electron chi connectivity index (χ0n) is 9.79. The van der Waals surface area contributed by atoms with Gasteiger partial charge in [0.15, 0.2) is 11.5 Å². The zero-order chi connectivity index (χ0) is 13.1. The normalized spacial score (nSPS) is 10.3. The molecule has 0 aliphatic rings. The Morgan fingerprint density at radius 2 is 2.11 bits per heavy atom. The first-order valence-corrected chi connectivity index (χ1v) is 5.35. The number of nitrogens with one attached hydrogen (secondary N) is 1. The number of phenols is 2. The average molecular weight is 247 g/mol. The summed E-state index contributed by atoms with van der Waals surface area (Å²) < 4.78 is 1.65. The number of aromatic hydroxyl groups is 2. The van der Waals surface area contributed by atoms with Gasteiger partial charge in [0.25, 0.3) is 5.91 Å². The molecule has 2 aromatic rings. The van der Waals surface area contributed by atoms with Crippen LogP contribution in [0, 0.1) is 0 Å². The van der Waals surface area contributed by atoms with Crippen LogP contribution in [0.1, 0.15) is 16.1 Å². The Morgan fingerprint density at radius 1 is 1.33 bits per heavy atom. The molecule has 0 aliphatic heterocycles. The van der Waals surface area contributed by atoms with Crippen molar-refractivity contribution in [1.29, 1.82) is 0 Å². The maximum absolute atomic E-state index is 11.7. The molecule has 18 heavy (non-hydrogen) atoms. The van der Waals surface area contributed by atoms with Gasteiger partial charge in [-0.15, -0.1) is 0 Å². The van der Waals surface area contributed by atoms with E-state index in [2.05, 4.69) is 10.4 Å². The molecule has 6 heteroatoms. The lowest BCUT2D eigenvalue weighted by Crippen LogP contribution is -2.23. The SMILES string of the molecule is Cn1ccc(CNC(=O)c2ccc(O)c(O)c2)n1. The van der Waals surface area contributed by atoms with Gasteiger partial charge in [-0.25, -0.2) is 0 Å². The van der Waals surface area contributed by atoms with Crippen molar-refractivity contribution in [1.82, 2.24) is 15.1 Å². The van der Waals surface area contributed by atoms with E-state index in [4.69, 9.17) is 5.11 Å². The summed E-state index contributed by atoms with van der Waals surface area (Å²) >= 11 is 0. The van der Waals surface area contributed by atoms with Gasteiger partial charge in [0, 0.05) is 18.8 Å². The number of nitrogens with zero attached hydrogens (tertiary/aromatic N) is 2. The molecule has 94 valence electrons. The van der Waals surface area contributed by atoms with E-state index in [1.165, 1.54) is 18.2 Å². The number of phenolic OH excluding ortho intramolecular Hbond substituents is 2. The molecule has 1 aromatic carbocycles. The van der Waals surface area contributed by atoms with Crippen LogP contribution in [0.3, 0.4) is 0 Å². The highest BCUT2D eigenvalue weighted by molar-refractivity contribution is 5.94. The summed E-state index contributed by atoms with van der Waals surface area (Å²) in [7, 11) is 1.79. The Kier molecular flexibility index (Phi) is 3.18. The quantitative estimate of drug-likeness (QED) is 0.699. The number of aryl methyl sites for hydroxylation is 1. The Hall–Kier alpha value is -2.50. The third kappa shape index (κ3) is 2.60. The maximum atomic E-state index is 11.7. The highest BCUT2D eigenvalue weighted by Gasteiger charge is 2.09. The van der Waals surface area contributed by atoms with Crippen LogP contribution >= 0.6 is 0 Å². The van der Waals surface area contributed by atoms with Crippen LogP contribution in [0.15, 0.2) is 30.5 Å². The molecule has 1 amide bonds. The predicted molar refractivity (Wildman–Crippen MR) is 64.1 cm³/mol. The van der Waals surface area contributed by atoms with Gasteiger partial charge < -0.3 is 15.5 Å². The van der Waals surface area contributed by atoms with Crippen LogP contribution < -0.4 is 5.32 Å². The Labute approximate surface area is 103 Å². The van der Waals surface area contributed by atoms with E-state index in [1.807, 2.05) is 0 Å². The number of amides is 1. The molecular weight excluding hydrogens is 234 g/mol. The van der Waals surface area contributed by atoms with E-state index >= 15 is 0 Å². The van der Waals surface area contributed by atoms with E-state index < -0.39 is 0 Å². The van der Waals surface area contributed by atoms with Gasteiger partial charge in [-0.05, 0) is 24.3 Å². The number of carbonyl (C=O) groups is 1. The van der Waals surface area contributed by atoms with Gasteiger partial charge in [0.05, 0.1) is 12.2 Å². The molecule has 0 spiro atoms. The molecule has 2 rings (SSSR count). The van der Waals surface area contributed by atoms with Crippen molar-refractivity contribution in [3.05, 3.63) is 41.7 Å². The van der Waals surface area contributed by atoms with Crippen molar-refractivity contribution in [2.24, 2.45) is 7.05 Å². The monoisotopic (exact) mass is 247 g/mol. The number of benzene rings is 1. The molecule has 0 unspecified atom stereocenters. The fourth-order valence-corrected chi connectivity index (χ4v) is 1.50. The molecule has 0 aliphatic carbocycles. The van der Waals surface area contributed by atoms with Crippen molar-refractivity contribution in [2.75, 3.05) is 0 Å². The summed E-state index contributed by atoms with van der Waals surface area (Å²) in [6.07, 6.45) is 1.79. The first kappa shape index (κ1) is 12.0. The summed E-state index contributed by atoms with van der Waals surface area (Å²) in [5, 5.41) is 25.2. The Morgan fingerprint density at radius 3 is 2.72 bits per heavy atom. The standard InChI is InChI=1S/C12H13N3O3/c1-15-5-4-9(14-15)7-13-12(18)8-2-3-10(16)11(17)6-8/h2-6,16-17H,7H2,1H3,(H,13,18). The summed E-state index contributed by atoms with van der Waals surface area (Å²) in [5.74, 6) is -0.910. The minimum absolute atomic E-state index is 0.253. The van der Waals surface area contributed by atoms with Gasteiger partial charge in [-0.2, -0.15) is 5.10 Å². The van der Waals surface area contributed by atoms with Gasteiger partial charge in [-0.1, -0.05) is 0 Å². The van der Waals surface area contributed by atoms with E-state index in [0.717, 1.165) is 5.69 Å². The summed E-state index contributed by atoms with van der Waals surface area (Å²) in [4.78, 5) is 11.7. The average Bonchev–Trinajstić information content (AvgIpc) is 2.75. The lowest BCUT2D eigenvalue weighted by molar-refractivity contribution is 0.0950. The smallest absolute Gasteiger partial charge is 0.251 e. The fraction of sp³-hybridized carbons (Fsp3) is 0.167. The van der Waals surface area contributed by atoms with Gasteiger partial charge in [0.2, 0.25) is 0 Å². The minimum Gasteiger partial charge on any atom is -0.504 e. The van der Waals surface area contributed by atoms with E-state index in [0.29, 0.717) is 6.54 Å². The predicted octanol–water partition coefficient (Wildman–Crippen LogP) is 0.761. The maximum Gasteiger partial charge on any atom is 0.251 e. The third-order valence-corrected chi connectivity index (χ3v) is 2.44. The second-order valence-electron chi connectivity index (χ2n) is 3.87. The van der Waals surface area contributed by atoms with E-state index in [9.17, 15) is 9.90 Å². The number of aromatic nitrogens is 2. The van der Waals surface area contributed by atoms with Crippen molar-refractivity contribution in [2.45, 2.75) is 6.54 Å². The highest BCUT2D eigenvalue weighted by atomic mass is 16.3. The van der Waals surface area contributed by atoms with E-state index in [-0.39, 0.29) is 23.0 Å². The minimum atomic E-state index is -0.337. The number of carbonyl (C=O) groups excluding carboxylic acids is 1. The van der Waals surface area contributed by atoms with Crippen LogP contribution in [0.4, 0.5) is 0 Å². The molecule has 0 fully saturated rings. The lowest BCUT2D eigenvalue weighted by atomic mass is 10.2. The van der Waals surface area contributed by atoms with Crippen molar-refractivity contribution >= 4 is 5.91 Å². The van der Waals surface area contributed by atoms with Crippen molar-refractivity contribution in [3.8, 4) is 11.5 Å². The molecule has 0 saturated heterocycles.